The standard InChI is InChI=1S/C52H71N4O6S2/c57-36-9-3-14-46(15-4-10-37-58)47-25-19-44(20-26-47)21-27-48-16-1-5-34-55(48)42-51(61)18-13-40-63-64-41-31-53-52(62)43-56-35-6-2-17-49(56)28-22-45-23-29-50(30-24-45)54(32-7-11-38-59)33-8-12-39-60/h1-2,5-6,16-17,19-30,34-35,46,57-60H,3-4,7-15,18,31-33,36-43H2/q+1/p+1/b27-21+. The van der Waals surface area contributed by atoms with Crippen LogP contribution >= 0.6 is 21.6 Å². The molecule has 2 heterocycles. The Hall–Kier alpha value is -4.30. The number of pyridine rings is 2. The molecule has 0 bridgehead atoms. The second kappa shape index (κ2) is 32.4. The smallest absolute Gasteiger partial charge is 0.286 e. The minimum Gasteiger partial charge on any atom is -0.396 e. The van der Waals surface area contributed by atoms with Crippen LogP contribution in [-0.4, -0.2) is 89.7 Å². The molecule has 64 heavy (non-hydrogen) atoms. The fourth-order valence-electron chi connectivity index (χ4n) is 7.45. The predicted octanol–water partition coefficient (Wildman–Crippen LogP) is 7.91. The summed E-state index contributed by atoms with van der Waals surface area (Å²) in [7, 11) is 3.45. The molecule has 2 aromatic carbocycles. The predicted molar refractivity (Wildman–Crippen MR) is 266 cm³/mol. The van der Waals surface area contributed by atoms with E-state index in [9.17, 15) is 30.0 Å². The molecule has 0 atom stereocenters. The van der Waals surface area contributed by atoms with Gasteiger partial charge in [0.1, 0.15) is 0 Å². The molecule has 346 valence electrons. The highest BCUT2D eigenvalue weighted by Gasteiger charge is 2.15. The van der Waals surface area contributed by atoms with Gasteiger partial charge in [0.05, 0.1) is 0 Å². The van der Waals surface area contributed by atoms with Crippen LogP contribution in [0.3, 0.4) is 0 Å². The van der Waals surface area contributed by atoms with Gasteiger partial charge in [-0.25, -0.2) is 0 Å². The van der Waals surface area contributed by atoms with Gasteiger partial charge in [0.25, 0.3) is 5.91 Å². The van der Waals surface area contributed by atoms with E-state index in [0.717, 1.165) is 123 Å². The molecule has 4 aromatic rings. The Labute approximate surface area is 389 Å². The quantitative estimate of drug-likeness (QED) is 0.0180. The number of rotatable bonds is 34. The zero-order valence-corrected chi connectivity index (χ0v) is 39.3. The lowest BCUT2D eigenvalue weighted by Gasteiger charge is -2.25. The highest BCUT2D eigenvalue weighted by molar-refractivity contribution is 8.76. The number of nitrogens with one attached hydrogen (secondary N) is 1. The molecular weight excluding hydrogens is 841 g/mol. The topological polar surface area (TPSA) is 138 Å². The Balaban J connectivity index is 1.14. The van der Waals surface area contributed by atoms with E-state index in [2.05, 4.69) is 77.0 Å². The van der Waals surface area contributed by atoms with Crippen molar-refractivity contribution in [2.24, 2.45) is 0 Å². The number of aromatic nitrogens is 2. The molecular formula is C52H72N4O6S2+2. The number of hydrogen-bond acceptors (Lipinski definition) is 9. The lowest BCUT2D eigenvalue weighted by atomic mass is 9.88. The summed E-state index contributed by atoms with van der Waals surface area (Å²) in [6, 6.07) is 28.9. The van der Waals surface area contributed by atoms with Crippen LogP contribution in [-0.2, 0) is 22.7 Å². The van der Waals surface area contributed by atoms with Gasteiger partial charge in [0.15, 0.2) is 18.2 Å². The summed E-state index contributed by atoms with van der Waals surface area (Å²) in [5.74, 6) is 2.23. The van der Waals surface area contributed by atoms with Crippen LogP contribution in [0.25, 0.3) is 24.3 Å². The van der Waals surface area contributed by atoms with Crippen molar-refractivity contribution in [3.63, 3.8) is 0 Å². The van der Waals surface area contributed by atoms with Gasteiger partial charge in [-0.1, -0.05) is 70.8 Å². The van der Waals surface area contributed by atoms with E-state index < -0.39 is 0 Å². The number of aliphatic hydroxyl groups is 4. The lowest BCUT2D eigenvalue weighted by Crippen LogP contribution is -2.45. The molecule has 0 radical (unpaired) electrons. The minimum atomic E-state index is -0.0416. The number of anilines is 1. The van der Waals surface area contributed by atoms with Crippen molar-refractivity contribution in [3.05, 3.63) is 125 Å². The number of carbonyl (C=O) groups excluding carboxylic acids is 2. The SMILES string of the molecule is O=C(CCCSSCCNC(=O)C[n+]1ccccc1/C=C/c1ccc(N(CCCCO)CCCCO)cc1)C[n+]1ccccc1/C=C/c1ccc(C(CCCCO)CCCCO)cc1. The third-order valence-corrected chi connectivity index (χ3v) is 13.5. The Morgan fingerprint density at radius 3 is 1.66 bits per heavy atom. The second-order valence-corrected chi connectivity index (χ2v) is 18.8. The van der Waals surface area contributed by atoms with E-state index in [4.69, 9.17) is 0 Å². The number of ketones is 1. The monoisotopic (exact) mass is 912 g/mol. The Morgan fingerprint density at radius 1 is 0.578 bits per heavy atom. The molecule has 0 aliphatic rings. The number of hydrogen-bond donors (Lipinski definition) is 5. The van der Waals surface area contributed by atoms with Gasteiger partial charge in [-0.3, -0.25) is 9.59 Å². The van der Waals surface area contributed by atoms with Crippen molar-refractivity contribution >= 4 is 63.3 Å². The normalized spacial score (nSPS) is 11.6. The molecule has 0 aliphatic carbocycles. The largest absolute Gasteiger partial charge is 0.396 e. The fraction of sp³-hybridized carbons (Fsp3) is 0.462. The summed E-state index contributed by atoms with van der Waals surface area (Å²) in [5, 5.41) is 39.9. The van der Waals surface area contributed by atoms with E-state index in [0.29, 0.717) is 25.4 Å². The fourth-order valence-corrected chi connectivity index (χ4v) is 9.44. The maximum atomic E-state index is 13.0. The van der Waals surface area contributed by atoms with Crippen LogP contribution in [0.15, 0.2) is 97.3 Å². The van der Waals surface area contributed by atoms with Gasteiger partial charge in [-0.15, -0.1) is 0 Å². The number of Topliss-reactive ketones (excluding diaryl/α,β-unsaturated/α-hetero) is 1. The van der Waals surface area contributed by atoms with Gasteiger partial charge in [0, 0.05) is 106 Å². The van der Waals surface area contributed by atoms with Gasteiger partial charge in [0.2, 0.25) is 24.5 Å². The number of carbonyl (C=O) groups is 2. The van der Waals surface area contributed by atoms with Crippen LogP contribution in [0.4, 0.5) is 5.69 Å². The summed E-state index contributed by atoms with van der Waals surface area (Å²) in [6.07, 6.45) is 22.5. The first-order chi connectivity index (χ1) is 31.4. The molecule has 10 nitrogen and oxygen atoms in total. The van der Waals surface area contributed by atoms with Crippen LogP contribution < -0.4 is 19.4 Å². The average molecular weight is 913 g/mol. The molecule has 4 rings (SSSR count). The maximum absolute atomic E-state index is 13.0. The number of amides is 1. The first kappa shape index (κ1) is 52.3. The van der Waals surface area contributed by atoms with Gasteiger partial charge < -0.3 is 30.6 Å². The van der Waals surface area contributed by atoms with Crippen LogP contribution in [0.5, 0.6) is 0 Å². The molecule has 0 fully saturated rings. The van der Waals surface area contributed by atoms with Crippen molar-refractivity contribution in [1.29, 1.82) is 0 Å². The molecule has 1 amide bonds. The van der Waals surface area contributed by atoms with Crippen molar-refractivity contribution in [2.45, 2.75) is 96.1 Å². The summed E-state index contributed by atoms with van der Waals surface area (Å²) < 4.78 is 3.94. The molecule has 2 aromatic heterocycles. The Bertz CT molecular complexity index is 1800. The number of unbranched alkanes of at least 4 members (excludes halogenated alkanes) is 4. The third kappa shape index (κ3) is 20.7. The summed E-state index contributed by atoms with van der Waals surface area (Å²) in [4.78, 5) is 28.2. The molecule has 0 unspecified atom stereocenters. The molecule has 12 heteroatoms. The highest BCUT2D eigenvalue weighted by Crippen LogP contribution is 2.28. The van der Waals surface area contributed by atoms with Crippen molar-refractivity contribution < 1.29 is 39.1 Å². The summed E-state index contributed by atoms with van der Waals surface area (Å²) in [5.41, 5.74) is 6.48. The van der Waals surface area contributed by atoms with E-state index >= 15 is 0 Å². The van der Waals surface area contributed by atoms with Crippen molar-refractivity contribution in [2.75, 3.05) is 62.5 Å². The van der Waals surface area contributed by atoms with E-state index in [1.807, 2.05) is 64.0 Å². The average Bonchev–Trinajstić information content (AvgIpc) is 3.31. The van der Waals surface area contributed by atoms with E-state index in [1.54, 1.807) is 21.6 Å². The summed E-state index contributed by atoms with van der Waals surface area (Å²) >= 11 is 0. The molecule has 0 saturated heterocycles. The minimum absolute atomic E-state index is 0.0416. The van der Waals surface area contributed by atoms with E-state index in [-0.39, 0.29) is 44.7 Å². The first-order valence-electron chi connectivity index (χ1n) is 23.2. The van der Waals surface area contributed by atoms with E-state index in [1.165, 1.54) is 5.56 Å². The third-order valence-electron chi connectivity index (χ3n) is 11.0. The van der Waals surface area contributed by atoms with Gasteiger partial charge >= 0.3 is 0 Å². The van der Waals surface area contributed by atoms with Crippen molar-refractivity contribution in [1.82, 2.24) is 5.32 Å². The second-order valence-electron chi connectivity index (χ2n) is 16.1. The maximum Gasteiger partial charge on any atom is 0.286 e. The van der Waals surface area contributed by atoms with Crippen LogP contribution in [0.2, 0.25) is 0 Å². The number of benzene rings is 2. The molecule has 0 spiro atoms. The molecule has 0 saturated carbocycles. The zero-order chi connectivity index (χ0) is 45.5. The number of nitrogens with zero attached hydrogens (tertiary/aromatic N) is 3. The molecule has 5 N–H and O–H groups in total. The zero-order valence-electron chi connectivity index (χ0n) is 37.7. The van der Waals surface area contributed by atoms with Gasteiger partial charge in [-0.05, 0) is 117 Å². The van der Waals surface area contributed by atoms with Crippen LogP contribution in [0, 0.1) is 0 Å². The number of aliphatic hydroxyl groups excluding tert-OH is 4. The van der Waals surface area contributed by atoms with Crippen molar-refractivity contribution in [3.8, 4) is 0 Å². The van der Waals surface area contributed by atoms with Crippen LogP contribution in [0.1, 0.15) is 111 Å². The molecule has 0 aliphatic heterocycles. The summed E-state index contributed by atoms with van der Waals surface area (Å²) in [6.45, 7) is 3.69. The Kier molecular flexibility index (Phi) is 26.5. The highest BCUT2D eigenvalue weighted by atomic mass is 33.1. The Morgan fingerprint density at radius 2 is 1.09 bits per heavy atom. The first-order valence-corrected chi connectivity index (χ1v) is 25.7. The lowest BCUT2D eigenvalue weighted by molar-refractivity contribution is -0.686. The van der Waals surface area contributed by atoms with Gasteiger partial charge in [-0.2, -0.15) is 9.13 Å².